The number of hydrogen-bond donors (Lipinski definition) is 0. The van der Waals surface area contributed by atoms with Crippen molar-refractivity contribution in [2.45, 2.75) is 13.8 Å². The topological polar surface area (TPSA) is 42.2 Å². The van der Waals surface area contributed by atoms with E-state index in [0.29, 0.717) is 35.3 Å². The van der Waals surface area contributed by atoms with Gasteiger partial charge in [-0.3, -0.25) is 0 Å². The summed E-state index contributed by atoms with van der Waals surface area (Å²) in [5, 5.41) is 10.1. The molecule has 0 amide bonds. The molecule has 0 saturated carbocycles. The molecule has 0 radical (unpaired) electrons. The molecule has 0 unspecified atom stereocenters. The summed E-state index contributed by atoms with van der Waals surface area (Å²) in [6.07, 6.45) is 1.82. The fourth-order valence-corrected chi connectivity index (χ4v) is 2.26. The minimum absolute atomic E-state index is 0.551. The molecule has 0 aliphatic carbocycles. The number of ether oxygens (including phenoxy) is 2. The minimum Gasteiger partial charge on any atom is -0.490 e. The van der Waals surface area contributed by atoms with E-state index in [0.717, 1.165) is 11.1 Å². The van der Waals surface area contributed by atoms with E-state index in [1.165, 1.54) is 0 Å². The van der Waals surface area contributed by atoms with Gasteiger partial charge in [0.25, 0.3) is 0 Å². The fourth-order valence-electron chi connectivity index (χ4n) is 2.13. The Hall–Kier alpha value is -2.44. The Labute approximate surface area is 141 Å². The predicted octanol–water partition coefficient (Wildman–Crippen LogP) is 5.20. The Bertz CT molecular complexity index is 730. The zero-order valence-corrected chi connectivity index (χ0v) is 13.9. The van der Waals surface area contributed by atoms with Gasteiger partial charge in [-0.15, -0.1) is 0 Å². The van der Waals surface area contributed by atoms with Crippen LogP contribution in [0.3, 0.4) is 0 Å². The SMILES string of the molecule is CCOc1ccc(/C=C(\C#N)c2ccc(Cl)cc2)cc1OCC. The van der Waals surface area contributed by atoms with Crippen LogP contribution < -0.4 is 9.47 Å². The molecule has 0 fully saturated rings. The average molecular weight is 328 g/mol. The zero-order chi connectivity index (χ0) is 16.7. The summed E-state index contributed by atoms with van der Waals surface area (Å²) in [6.45, 7) is 4.98. The van der Waals surface area contributed by atoms with Gasteiger partial charge in [-0.25, -0.2) is 0 Å². The molecule has 0 aliphatic rings. The Morgan fingerprint density at radius 3 is 2.30 bits per heavy atom. The summed E-state index contributed by atoms with van der Waals surface area (Å²) in [6, 6.07) is 15.1. The van der Waals surface area contributed by atoms with Gasteiger partial charge >= 0.3 is 0 Å². The lowest BCUT2D eigenvalue weighted by Gasteiger charge is -2.11. The van der Waals surface area contributed by atoms with Crippen LogP contribution in [0.1, 0.15) is 25.0 Å². The second-order valence-corrected chi connectivity index (χ2v) is 5.19. The van der Waals surface area contributed by atoms with Crippen LogP contribution in [0.4, 0.5) is 0 Å². The molecule has 0 heterocycles. The lowest BCUT2D eigenvalue weighted by atomic mass is 10.0. The summed E-state index contributed by atoms with van der Waals surface area (Å²) in [4.78, 5) is 0. The van der Waals surface area contributed by atoms with Crippen LogP contribution in [-0.4, -0.2) is 13.2 Å². The van der Waals surface area contributed by atoms with Crippen molar-refractivity contribution >= 4 is 23.3 Å². The highest BCUT2D eigenvalue weighted by Gasteiger charge is 2.07. The number of allylic oxidation sites excluding steroid dienone is 1. The lowest BCUT2D eigenvalue weighted by Crippen LogP contribution is -1.98. The van der Waals surface area contributed by atoms with Crippen molar-refractivity contribution in [3.8, 4) is 17.6 Å². The number of halogens is 1. The molecule has 0 spiro atoms. The highest BCUT2D eigenvalue weighted by Crippen LogP contribution is 2.30. The van der Waals surface area contributed by atoms with Gasteiger partial charge in [0.1, 0.15) is 0 Å². The van der Waals surface area contributed by atoms with Crippen molar-refractivity contribution < 1.29 is 9.47 Å². The third-order valence-electron chi connectivity index (χ3n) is 3.15. The largest absolute Gasteiger partial charge is 0.490 e. The second kappa shape index (κ2) is 8.26. The van der Waals surface area contributed by atoms with E-state index in [1.807, 2.05) is 50.3 Å². The van der Waals surface area contributed by atoms with Crippen molar-refractivity contribution in [2.75, 3.05) is 13.2 Å². The second-order valence-electron chi connectivity index (χ2n) is 4.75. The van der Waals surface area contributed by atoms with E-state index < -0.39 is 0 Å². The normalized spacial score (nSPS) is 11.0. The maximum Gasteiger partial charge on any atom is 0.161 e. The summed E-state index contributed by atoms with van der Waals surface area (Å²) in [5.41, 5.74) is 2.26. The number of hydrogen-bond acceptors (Lipinski definition) is 3. The fraction of sp³-hybridized carbons (Fsp3) is 0.211. The van der Waals surface area contributed by atoms with Gasteiger partial charge in [-0.05, 0) is 55.3 Å². The number of nitriles is 1. The van der Waals surface area contributed by atoms with Gasteiger partial charge in [-0.2, -0.15) is 5.26 Å². The predicted molar refractivity (Wildman–Crippen MR) is 93.7 cm³/mol. The molecule has 2 aromatic carbocycles. The Balaban J connectivity index is 2.37. The van der Waals surface area contributed by atoms with Crippen LogP contribution in [0.5, 0.6) is 11.5 Å². The van der Waals surface area contributed by atoms with Crippen LogP contribution in [0.15, 0.2) is 42.5 Å². The third-order valence-corrected chi connectivity index (χ3v) is 3.41. The van der Waals surface area contributed by atoms with Crippen molar-refractivity contribution in [3.05, 3.63) is 58.6 Å². The molecule has 118 valence electrons. The van der Waals surface area contributed by atoms with E-state index in [4.69, 9.17) is 21.1 Å². The number of rotatable bonds is 6. The van der Waals surface area contributed by atoms with E-state index in [-0.39, 0.29) is 0 Å². The molecule has 2 rings (SSSR count). The monoisotopic (exact) mass is 327 g/mol. The van der Waals surface area contributed by atoms with Gasteiger partial charge in [0, 0.05) is 5.02 Å². The van der Waals surface area contributed by atoms with E-state index in [9.17, 15) is 5.26 Å². The van der Waals surface area contributed by atoms with Crippen LogP contribution in [-0.2, 0) is 0 Å². The molecular formula is C19H18ClNO2. The molecule has 3 nitrogen and oxygen atoms in total. The van der Waals surface area contributed by atoms with Gasteiger partial charge in [-0.1, -0.05) is 29.8 Å². The molecule has 0 aliphatic heterocycles. The summed E-state index contributed by atoms with van der Waals surface area (Å²) in [5.74, 6) is 1.38. The lowest BCUT2D eigenvalue weighted by molar-refractivity contribution is 0.287. The summed E-state index contributed by atoms with van der Waals surface area (Å²) >= 11 is 5.89. The van der Waals surface area contributed by atoms with Gasteiger partial charge in [0.2, 0.25) is 0 Å². The molecule has 0 bridgehead atoms. The standard InChI is InChI=1S/C19H18ClNO2/c1-3-22-18-10-5-14(12-19(18)23-4-2)11-16(13-21)15-6-8-17(20)9-7-15/h5-12H,3-4H2,1-2H3/b16-11+. The van der Waals surface area contributed by atoms with Crippen LogP contribution >= 0.6 is 11.6 Å². The maximum atomic E-state index is 9.41. The molecule has 0 aromatic heterocycles. The van der Waals surface area contributed by atoms with Crippen molar-refractivity contribution in [2.24, 2.45) is 0 Å². The first-order valence-electron chi connectivity index (χ1n) is 7.45. The van der Waals surface area contributed by atoms with Crippen molar-refractivity contribution in [3.63, 3.8) is 0 Å². The molecule has 2 aromatic rings. The highest BCUT2D eigenvalue weighted by atomic mass is 35.5. The van der Waals surface area contributed by atoms with Gasteiger partial charge in [0.05, 0.1) is 24.9 Å². The Kier molecular flexibility index (Phi) is 6.08. The van der Waals surface area contributed by atoms with Crippen LogP contribution in [0.2, 0.25) is 5.02 Å². The third kappa shape index (κ3) is 4.51. The molecule has 4 heteroatoms. The molecular weight excluding hydrogens is 310 g/mol. The van der Waals surface area contributed by atoms with Crippen molar-refractivity contribution in [1.82, 2.24) is 0 Å². The van der Waals surface area contributed by atoms with E-state index >= 15 is 0 Å². The number of nitrogens with zero attached hydrogens (tertiary/aromatic N) is 1. The quantitative estimate of drug-likeness (QED) is 0.541. The molecule has 0 saturated heterocycles. The first kappa shape index (κ1) is 16.9. The summed E-state index contributed by atoms with van der Waals surface area (Å²) < 4.78 is 11.2. The van der Waals surface area contributed by atoms with Crippen LogP contribution in [0, 0.1) is 11.3 Å². The zero-order valence-electron chi connectivity index (χ0n) is 13.2. The Morgan fingerprint density at radius 1 is 1.04 bits per heavy atom. The van der Waals surface area contributed by atoms with Crippen LogP contribution in [0.25, 0.3) is 11.6 Å². The molecule has 23 heavy (non-hydrogen) atoms. The van der Waals surface area contributed by atoms with Gasteiger partial charge in [0.15, 0.2) is 11.5 Å². The molecule has 0 atom stereocenters. The minimum atomic E-state index is 0.551. The summed E-state index contributed by atoms with van der Waals surface area (Å²) in [7, 11) is 0. The smallest absolute Gasteiger partial charge is 0.161 e. The average Bonchev–Trinajstić information content (AvgIpc) is 2.56. The van der Waals surface area contributed by atoms with Crippen molar-refractivity contribution in [1.29, 1.82) is 5.26 Å². The number of benzene rings is 2. The first-order valence-corrected chi connectivity index (χ1v) is 7.83. The van der Waals surface area contributed by atoms with Gasteiger partial charge < -0.3 is 9.47 Å². The Morgan fingerprint density at radius 2 is 1.70 bits per heavy atom. The first-order chi connectivity index (χ1) is 11.2. The van der Waals surface area contributed by atoms with E-state index in [2.05, 4.69) is 6.07 Å². The van der Waals surface area contributed by atoms with E-state index in [1.54, 1.807) is 12.1 Å². The maximum absolute atomic E-state index is 9.41. The highest BCUT2D eigenvalue weighted by molar-refractivity contribution is 6.30. The molecule has 0 N–H and O–H groups in total.